The molecule has 1 heterocycles. The Hall–Kier alpha value is -3.42. The molecule has 0 aliphatic carbocycles. The minimum Gasteiger partial charge on any atom is -0.397 e. The Balaban J connectivity index is 1.41. The van der Waals surface area contributed by atoms with Crippen molar-refractivity contribution >= 4 is 50.9 Å². The van der Waals surface area contributed by atoms with E-state index in [2.05, 4.69) is 38.5 Å². The predicted octanol–water partition coefficient (Wildman–Crippen LogP) is 5.82. The zero-order valence-corrected chi connectivity index (χ0v) is 22.6. The van der Waals surface area contributed by atoms with Crippen LogP contribution in [0, 0.1) is 11.8 Å². The van der Waals surface area contributed by atoms with Crippen molar-refractivity contribution in [3.8, 4) is 0 Å². The second-order valence-electron chi connectivity index (χ2n) is 9.60. The van der Waals surface area contributed by atoms with Gasteiger partial charge >= 0.3 is 0 Å². The van der Waals surface area contributed by atoms with Gasteiger partial charge in [0.2, 0.25) is 11.8 Å². The van der Waals surface area contributed by atoms with Gasteiger partial charge in [-0.1, -0.05) is 52.3 Å². The minimum absolute atomic E-state index is 0.0673. The van der Waals surface area contributed by atoms with Crippen LogP contribution in [0.3, 0.4) is 0 Å². The summed E-state index contributed by atoms with van der Waals surface area (Å²) < 4.78 is 0.980. The van der Waals surface area contributed by atoms with Gasteiger partial charge in [0.05, 0.1) is 11.4 Å². The summed E-state index contributed by atoms with van der Waals surface area (Å²) in [6.07, 6.45) is 5.96. The molecule has 6 nitrogen and oxygen atoms in total. The number of benzene rings is 3. The number of halogens is 1. The van der Waals surface area contributed by atoms with Gasteiger partial charge in [-0.05, 0) is 98.9 Å². The summed E-state index contributed by atoms with van der Waals surface area (Å²) in [5.74, 6) is 0.0489. The number of nitrogen functional groups attached to an aromatic ring is 1. The number of piperidine rings is 1. The van der Waals surface area contributed by atoms with Crippen molar-refractivity contribution in [3.05, 3.63) is 94.5 Å². The molecule has 1 atom stereocenters. The van der Waals surface area contributed by atoms with Gasteiger partial charge in [0, 0.05) is 22.2 Å². The van der Waals surface area contributed by atoms with Crippen LogP contribution < -0.4 is 16.4 Å². The Morgan fingerprint density at radius 2 is 1.68 bits per heavy atom. The van der Waals surface area contributed by atoms with Crippen molar-refractivity contribution in [1.82, 2.24) is 4.90 Å². The van der Waals surface area contributed by atoms with Crippen molar-refractivity contribution < 1.29 is 9.59 Å². The predicted molar refractivity (Wildman–Crippen MR) is 155 cm³/mol. The zero-order chi connectivity index (χ0) is 26.2. The molecule has 4 N–H and O–H groups in total. The van der Waals surface area contributed by atoms with Crippen molar-refractivity contribution in [1.29, 1.82) is 0 Å². The molecule has 4 rings (SSSR count). The number of hydrogen-bond acceptors (Lipinski definition) is 4. The molecule has 3 aromatic carbocycles. The maximum Gasteiger partial charge on any atom is 0.248 e. The molecule has 1 aliphatic heterocycles. The fraction of sp³-hybridized carbons (Fsp3) is 0.267. The van der Waals surface area contributed by atoms with Crippen LogP contribution in [0.1, 0.15) is 24.0 Å². The monoisotopic (exact) mass is 560 g/mol. The van der Waals surface area contributed by atoms with Gasteiger partial charge in [-0.25, -0.2) is 0 Å². The topological polar surface area (TPSA) is 87.5 Å². The number of hydrogen-bond donors (Lipinski definition) is 3. The maximum atomic E-state index is 13.4. The molecule has 0 bridgehead atoms. The van der Waals surface area contributed by atoms with Crippen molar-refractivity contribution in [2.24, 2.45) is 11.8 Å². The summed E-state index contributed by atoms with van der Waals surface area (Å²) in [4.78, 5) is 28.0. The van der Waals surface area contributed by atoms with Gasteiger partial charge < -0.3 is 21.3 Å². The van der Waals surface area contributed by atoms with Crippen LogP contribution in [0.2, 0.25) is 0 Å². The number of amides is 2. The number of para-hydroxylation sites is 2. The molecule has 1 saturated heterocycles. The highest BCUT2D eigenvalue weighted by Crippen LogP contribution is 2.29. The van der Waals surface area contributed by atoms with Gasteiger partial charge in [-0.15, -0.1) is 0 Å². The molecule has 3 aromatic rings. The fourth-order valence-electron chi connectivity index (χ4n) is 4.65. The summed E-state index contributed by atoms with van der Waals surface area (Å²) in [6.45, 7) is 2.01. The van der Waals surface area contributed by atoms with Crippen LogP contribution in [0.4, 0.5) is 17.1 Å². The molecular weight excluding hydrogens is 528 g/mol. The number of carbonyl (C=O) groups is 2. The molecule has 7 heteroatoms. The first-order valence-corrected chi connectivity index (χ1v) is 13.3. The number of anilines is 3. The van der Waals surface area contributed by atoms with E-state index in [0.29, 0.717) is 23.7 Å². The first-order chi connectivity index (χ1) is 17.9. The third-order valence-electron chi connectivity index (χ3n) is 6.86. The number of rotatable bonds is 8. The van der Waals surface area contributed by atoms with Crippen molar-refractivity contribution in [2.75, 3.05) is 36.5 Å². The molecule has 0 aromatic heterocycles. The van der Waals surface area contributed by atoms with Crippen molar-refractivity contribution in [3.63, 3.8) is 0 Å². The van der Waals surface area contributed by atoms with E-state index >= 15 is 0 Å². The summed E-state index contributed by atoms with van der Waals surface area (Å²) in [7, 11) is 2.13. The molecule has 1 fully saturated rings. The summed E-state index contributed by atoms with van der Waals surface area (Å²) in [6, 6.07) is 22.9. The Morgan fingerprint density at radius 1 is 1.00 bits per heavy atom. The van der Waals surface area contributed by atoms with Crippen LogP contribution >= 0.6 is 15.9 Å². The lowest BCUT2D eigenvalue weighted by molar-refractivity contribution is -0.122. The second kappa shape index (κ2) is 12.7. The summed E-state index contributed by atoms with van der Waals surface area (Å²) in [5.41, 5.74) is 9.83. The lowest BCUT2D eigenvalue weighted by atomic mass is 9.80. The summed E-state index contributed by atoms with van der Waals surface area (Å²) >= 11 is 3.45. The van der Waals surface area contributed by atoms with Crippen LogP contribution in [0.5, 0.6) is 0 Å². The standard InChI is InChI=1S/C30H33BrN4O2/c1-35-18-16-23(17-19-35)26(30(37)33-25-13-11-24(31)12-14-25)20-22-8-6-21(7-9-22)10-15-29(36)34-28-5-3-2-4-27(28)32/h2-15,23,26H,16-20,32H2,1H3,(H,33,37)(H,34,36)/b15-10+. The largest absolute Gasteiger partial charge is 0.397 e. The van der Waals surface area contributed by atoms with Gasteiger partial charge in [-0.2, -0.15) is 0 Å². The number of nitrogens with two attached hydrogens (primary N) is 1. The molecule has 192 valence electrons. The lowest BCUT2D eigenvalue weighted by Crippen LogP contribution is -2.38. The lowest BCUT2D eigenvalue weighted by Gasteiger charge is -2.33. The first-order valence-electron chi connectivity index (χ1n) is 12.5. The third-order valence-corrected chi connectivity index (χ3v) is 7.39. The average Bonchev–Trinajstić information content (AvgIpc) is 2.90. The SMILES string of the molecule is CN1CCC(C(Cc2ccc(/C=C/C(=O)Nc3ccccc3N)cc2)C(=O)Nc2ccc(Br)cc2)CC1. The number of carbonyl (C=O) groups excluding carboxylic acids is 2. The van der Waals surface area contributed by atoms with E-state index in [4.69, 9.17) is 5.73 Å². The average molecular weight is 562 g/mol. The van der Waals surface area contributed by atoms with Crippen molar-refractivity contribution in [2.45, 2.75) is 19.3 Å². The van der Waals surface area contributed by atoms with Gasteiger partial charge in [-0.3, -0.25) is 9.59 Å². The zero-order valence-electron chi connectivity index (χ0n) is 21.0. The van der Waals surface area contributed by atoms with Gasteiger partial charge in [0.25, 0.3) is 0 Å². The van der Waals surface area contributed by atoms with Crippen LogP contribution in [0.25, 0.3) is 6.08 Å². The highest BCUT2D eigenvalue weighted by molar-refractivity contribution is 9.10. The second-order valence-corrected chi connectivity index (χ2v) is 10.5. The van der Waals surface area contributed by atoms with Crippen LogP contribution in [-0.4, -0.2) is 36.9 Å². The number of nitrogens with zero attached hydrogens (tertiary/aromatic N) is 1. The molecule has 0 saturated carbocycles. The highest BCUT2D eigenvalue weighted by atomic mass is 79.9. The number of nitrogens with one attached hydrogen (secondary N) is 2. The molecule has 2 amide bonds. The highest BCUT2D eigenvalue weighted by Gasteiger charge is 2.31. The minimum atomic E-state index is -0.242. The van der Waals surface area contributed by atoms with Crippen LogP contribution in [0.15, 0.2) is 83.3 Å². The molecule has 1 aliphatic rings. The molecular formula is C30H33BrN4O2. The Bertz CT molecular complexity index is 1230. The number of likely N-dealkylation sites (tertiary alicyclic amines) is 1. The first kappa shape index (κ1) is 26.6. The van der Waals surface area contributed by atoms with Gasteiger partial charge in [0.15, 0.2) is 0 Å². The van der Waals surface area contributed by atoms with E-state index in [9.17, 15) is 9.59 Å². The molecule has 37 heavy (non-hydrogen) atoms. The molecule has 0 radical (unpaired) electrons. The van der Waals surface area contributed by atoms with Crippen LogP contribution in [-0.2, 0) is 16.0 Å². The quantitative estimate of drug-likeness (QED) is 0.239. The Kier molecular flexibility index (Phi) is 9.14. The maximum absolute atomic E-state index is 13.4. The summed E-state index contributed by atoms with van der Waals surface area (Å²) in [5, 5.41) is 5.92. The fourth-order valence-corrected chi connectivity index (χ4v) is 4.91. The van der Waals surface area contributed by atoms with E-state index in [1.54, 1.807) is 18.2 Å². The van der Waals surface area contributed by atoms with Gasteiger partial charge in [0.1, 0.15) is 0 Å². The van der Waals surface area contributed by atoms with E-state index in [1.807, 2.05) is 60.7 Å². The Morgan fingerprint density at radius 3 is 2.35 bits per heavy atom. The van der Waals surface area contributed by atoms with E-state index in [-0.39, 0.29) is 17.7 Å². The molecule has 0 spiro atoms. The smallest absolute Gasteiger partial charge is 0.248 e. The van der Waals surface area contributed by atoms with E-state index in [0.717, 1.165) is 47.2 Å². The van der Waals surface area contributed by atoms with E-state index < -0.39 is 0 Å². The third kappa shape index (κ3) is 7.78. The van der Waals surface area contributed by atoms with E-state index in [1.165, 1.54) is 6.08 Å². The Labute approximate surface area is 227 Å². The molecule has 1 unspecified atom stereocenters. The normalized spacial score (nSPS) is 15.4.